The monoisotopic (exact) mass is 289 g/mol. The molecule has 0 saturated heterocycles. The normalized spacial score (nSPS) is 12.1. The van der Waals surface area contributed by atoms with Gasteiger partial charge in [-0.25, -0.2) is 0 Å². The molecule has 0 aliphatic rings. The first kappa shape index (κ1) is 15.4. The molecule has 0 aliphatic carbocycles. The van der Waals surface area contributed by atoms with E-state index < -0.39 is 0 Å². The van der Waals surface area contributed by atoms with Crippen molar-refractivity contribution in [3.8, 4) is 11.5 Å². The Morgan fingerprint density at radius 1 is 1.00 bits per heavy atom. The number of rotatable bonds is 8. The van der Waals surface area contributed by atoms with Crippen LogP contribution in [-0.4, -0.2) is 19.8 Å². The zero-order valence-corrected chi connectivity index (χ0v) is 12.9. The standard InChI is InChI=1S/C17H23NO3/c1-4-18-17(14-9-10-19-12-14)13-7-8-15(20-5-2)16(11-13)21-6-3/h7-12,17-18H,4-6H2,1-3H3. The molecule has 2 rings (SSSR count). The van der Waals surface area contributed by atoms with E-state index in [1.807, 2.05) is 32.0 Å². The molecule has 0 aliphatic heterocycles. The Labute approximate surface area is 126 Å². The minimum Gasteiger partial charge on any atom is -0.490 e. The number of ether oxygens (including phenoxy) is 2. The molecule has 0 spiro atoms. The fourth-order valence-electron chi connectivity index (χ4n) is 2.32. The van der Waals surface area contributed by atoms with Gasteiger partial charge in [-0.15, -0.1) is 0 Å². The highest BCUT2D eigenvalue weighted by molar-refractivity contribution is 5.45. The van der Waals surface area contributed by atoms with Gasteiger partial charge in [0.25, 0.3) is 0 Å². The number of furan rings is 1. The van der Waals surface area contributed by atoms with E-state index >= 15 is 0 Å². The van der Waals surface area contributed by atoms with Crippen molar-refractivity contribution < 1.29 is 13.9 Å². The molecule has 1 unspecified atom stereocenters. The van der Waals surface area contributed by atoms with Crippen LogP contribution in [0.1, 0.15) is 37.9 Å². The lowest BCUT2D eigenvalue weighted by atomic mass is 10.0. The summed E-state index contributed by atoms with van der Waals surface area (Å²) in [5.74, 6) is 1.56. The molecule has 21 heavy (non-hydrogen) atoms. The molecule has 1 aromatic heterocycles. The molecule has 0 bridgehead atoms. The highest BCUT2D eigenvalue weighted by Crippen LogP contribution is 2.32. The van der Waals surface area contributed by atoms with Gasteiger partial charge in [-0.05, 0) is 44.2 Å². The average Bonchev–Trinajstić information content (AvgIpc) is 3.01. The van der Waals surface area contributed by atoms with Crippen LogP contribution in [0.2, 0.25) is 0 Å². The van der Waals surface area contributed by atoms with Crippen LogP contribution in [-0.2, 0) is 0 Å². The molecule has 0 saturated carbocycles. The molecule has 0 fully saturated rings. The molecule has 1 atom stereocenters. The summed E-state index contributed by atoms with van der Waals surface area (Å²) in [6.07, 6.45) is 3.46. The lowest BCUT2D eigenvalue weighted by molar-refractivity contribution is 0.287. The van der Waals surface area contributed by atoms with Crippen molar-refractivity contribution in [3.05, 3.63) is 47.9 Å². The van der Waals surface area contributed by atoms with Crippen molar-refractivity contribution in [1.82, 2.24) is 5.32 Å². The highest BCUT2D eigenvalue weighted by Gasteiger charge is 2.16. The lowest BCUT2D eigenvalue weighted by Gasteiger charge is -2.19. The lowest BCUT2D eigenvalue weighted by Crippen LogP contribution is -2.21. The summed E-state index contributed by atoms with van der Waals surface area (Å²) >= 11 is 0. The number of hydrogen-bond donors (Lipinski definition) is 1. The van der Waals surface area contributed by atoms with Crippen molar-refractivity contribution >= 4 is 0 Å². The van der Waals surface area contributed by atoms with Crippen LogP contribution in [0.5, 0.6) is 11.5 Å². The van der Waals surface area contributed by atoms with Gasteiger partial charge in [0.05, 0.1) is 31.8 Å². The summed E-state index contributed by atoms with van der Waals surface area (Å²) in [5.41, 5.74) is 2.23. The predicted molar refractivity (Wildman–Crippen MR) is 83.0 cm³/mol. The first-order valence-corrected chi connectivity index (χ1v) is 7.45. The second kappa shape index (κ2) is 7.74. The Morgan fingerprint density at radius 2 is 1.76 bits per heavy atom. The van der Waals surface area contributed by atoms with Crippen molar-refractivity contribution in [3.63, 3.8) is 0 Å². The zero-order chi connectivity index (χ0) is 15.1. The van der Waals surface area contributed by atoms with E-state index in [0.717, 1.165) is 29.2 Å². The summed E-state index contributed by atoms with van der Waals surface area (Å²) in [4.78, 5) is 0. The van der Waals surface area contributed by atoms with Crippen LogP contribution in [0.15, 0.2) is 41.2 Å². The third-order valence-electron chi connectivity index (χ3n) is 3.19. The molecule has 0 amide bonds. The van der Waals surface area contributed by atoms with Crippen molar-refractivity contribution in [2.75, 3.05) is 19.8 Å². The maximum atomic E-state index is 5.70. The number of nitrogens with one attached hydrogen (secondary N) is 1. The summed E-state index contributed by atoms with van der Waals surface area (Å²) in [5, 5.41) is 3.47. The molecule has 4 heteroatoms. The Hall–Kier alpha value is -1.94. The van der Waals surface area contributed by atoms with Gasteiger partial charge in [0.2, 0.25) is 0 Å². The van der Waals surface area contributed by atoms with Crippen molar-refractivity contribution in [2.24, 2.45) is 0 Å². The Kier molecular flexibility index (Phi) is 5.69. The molecule has 1 aromatic carbocycles. The van der Waals surface area contributed by atoms with Crippen LogP contribution in [0.3, 0.4) is 0 Å². The fraction of sp³-hybridized carbons (Fsp3) is 0.412. The molecular weight excluding hydrogens is 266 g/mol. The van der Waals surface area contributed by atoms with E-state index in [-0.39, 0.29) is 6.04 Å². The Bertz CT molecular complexity index is 537. The van der Waals surface area contributed by atoms with Crippen LogP contribution >= 0.6 is 0 Å². The van der Waals surface area contributed by atoms with Gasteiger partial charge in [-0.1, -0.05) is 13.0 Å². The van der Waals surface area contributed by atoms with Gasteiger partial charge >= 0.3 is 0 Å². The minimum atomic E-state index is 0.0867. The smallest absolute Gasteiger partial charge is 0.161 e. The van der Waals surface area contributed by atoms with Gasteiger partial charge in [-0.2, -0.15) is 0 Å². The fourth-order valence-corrected chi connectivity index (χ4v) is 2.32. The van der Waals surface area contributed by atoms with Crippen LogP contribution in [0, 0.1) is 0 Å². The van der Waals surface area contributed by atoms with E-state index in [9.17, 15) is 0 Å². The maximum absolute atomic E-state index is 5.70. The molecule has 4 nitrogen and oxygen atoms in total. The minimum absolute atomic E-state index is 0.0867. The van der Waals surface area contributed by atoms with E-state index in [4.69, 9.17) is 13.9 Å². The highest BCUT2D eigenvalue weighted by atomic mass is 16.5. The van der Waals surface area contributed by atoms with E-state index in [1.165, 1.54) is 0 Å². The average molecular weight is 289 g/mol. The van der Waals surface area contributed by atoms with Crippen molar-refractivity contribution in [1.29, 1.82) is 0 Å². The van der Waals surface area contributed by atoms with Gasteiger partial charge in [0, 0.05) is 5.56 Å². The largest absolute Gasteiger partial charge is 0.490 e. The van der Waals surface area contributed by atoms with Crippen LogP contribution < -0.4 is 14.8 Å². The number of hydrogen-bond acceptors (Lipinski definition) is 4. The first-order valence-electron chi connectivity index (χ1n) is 7.45. The van der Waals surface area contributed by atoms with Crippen molar-refractivity contribution in [2.45, 2.75) is 26.8 Å². The summed E-state index contributed by atoms with van der Waals surface area (Å²) in [6, 6.07) is 8.13. The third-order valence-corrected chi connectivity index (χ3v) is 3.19. The molecule has 0 radical (unpaired) electrons. The quantitative estimate of drug-likeness (QED) is 0.803. The predicted octanol–water partition coefficient (Wildman–Crippen LogP) is 3.78. The van der Waals surface area contributed by atoms with Gasteiger partial charge in [-0.3, -0.25) is 0 Å². The molecular formula is C17H23NO3. The summed E-state index contributed by atoms with van der Waals surface area (Å²) < 4.78 is 16.5. The summed E-state index contributed by atoms with van der Waals surface area (Å²) in [7, 11) is 0. The van der Waals surface area contributed by atoms with Gasteiger partial charge in [0.15, 0.2) is 11.5 Å². The Balaban J connectivity index is 2.34. The molecule has 114 valence electrons. The zero-order valence-electron chi connectivity index (χ0n) is 12.9. The van der Waals surface area contributed by atoms with Gasteiger partial charge in [0.1, 0.15) is 0 Å². The molecule has 1 N–H and O–H groups in total. The summed E-state index contributed by atoms with van der Waals surface area (Å²) in [6.45, 7) is 8.13. The van der Waals surface area contributed by atoms with Crippen LogP contribution in [0.25, 0.3) is 0 Å². The first-order chi connectivity index (χ1) is 10.3. The van der Waals surface area contributed by atoms with E-state index in [1.54, 1.807) is 12.5 Å². The molecule has 2 aromatic rings. The van der Waals surface area contributed by atoms with Gasteiger partial charge < -0.3 is 19.2 Å². The Morgan fingerprint density at radius 3 is 2.38 bits per heavy atom. The van der Waals surface area contributed by atoms with E-state index in [2.05, 4.69) is 18.3 Å². The maximum Gasteiger partial charge on any atom is 0.161 e. The topological polar surface area (TPSA) is 43.6 Å². The number of benzene rings is 1. The van der Waals surface area contributed by atoms with Crippen LogP contribution in [0.4, 0.5) is 0 Å². The third kappa shape index (κ3) is 3.79. The second-order valence-corrected chi connectivity index (χ2v) is 4.62. The second-order valence-electron chi connectivity index (χ2n) is 4.62. The molecule has 1 heterocycles. The van der Waals surface area contributed by atoms with E-state index in [0.29, 0.717) is 13.2 Å². The SMILES string of the molecule is CCNC(c1ccoc1)c1ccc(OCC)c(OCC)c1.